The minimum Gasteiger partial charge on any atom is -0.348 e. The Kier molecular flexibility index (Phi) is 3.97. The van der Waals surface area contributed by atoms with Crippen LogP contribution in [0.1, 0.15) is 29.6 Å². The number of amides is 1. The third-order valence-corrected chi connectivity index (χ3v) is 3.66. The van der Waals surface area contributed by atoms with Gasteiger partial charge >= 0.3 is 0 Å². The number of rotatable bonds is 2. The van der Waals surface area contributed by atoms with E-state index in [1.54, 1.807) is 6.07 Å². The monoisotopic (exact) mass is 310 g/mol. The van der Waals surface area contributed by atoms with Gasteiger partial charge in [-0.1, -0.05) is 15.9 Å². The highest BCUT2D eigenvalue weighted by atomic mass is 79.9. The van der Waals surface area contributed by atoms with Crippen LogP contribution in [0.2, 0.25) is 0 Å². The predicted octanol–water partition coefficient (Wildman–Crippen LogP) is 3.01. The van der Waals surface area contributed by atoms with Gasteiger partial charge in [-0.05, 0) is 37.5 Å². The van der Waals surface area contributed by atoms with Gasteiger partial charge in [-0.2, -0.15) is 5.26 Å². The lowest BCUT2D eigenvalue weighted by atomic mass is 10.1. The van der Waals surface area contributed by atoms with Crippen molar-refractivity contribution >= 4 is 21.8 Å². The summed E-state index contributed by atoms with van der Waals surface area (Å²) in [7, 11) is 0. The molecular weight excluding hydrogens is 299 g/mol. The van der Waals surface area contributed by atoms with Gasteiger partial charge in [-0.3, -0.25) is 4.79 Å². The lowest BCUT2D eigenvalue weighted by Gasteiger charge is -2.15. The summed E-state index contributed by atoms with van der Waals surface area (Å²) in [4.78, 5) is 12.0. The molecule has 2 atom stereocenters. The number of nitrogens with zero attached hydrogens (tertiary/aromatic N) is 1. The molecule has 3 nitrogen and oxygen atoms in total. The summed E-state index contributed by atoms with van der Waals surface area (Å²) in [6.45, 7) is 0. The summed E-state index contributed by atoms with van der Waals surface area (Å²) in [5.74, 6) is -1.17. The molecule has 1 aliphatic carbocycles. The van der Waals surface area contributed by atoms with Gasteiger partial charge in [0.25, 0.3) is 5.91 Å². The number of carbonyl (C=O) groups is 1. The molecule has 1 aromatic carbocycles. The van der Waals surface area contributed by atoms with E-state index in [2.05, 4.69) is 27.3 Å². The van der Waals surface area contributed by atoms with Crippen LogP contribution in [0, 0.1) is 23.1 Å². The fourth-order valence-corrected chi connectivity index (χ4v) is 2.57. The number of hydrogen-bond donors (Lipinski definition) is 1. The van der Waals surface area contributed by atoms with Crippen LogP contribution in [0.25, 0.3) is 0 Å². The maximum Gasteiger partial charge on any atom is 0.254 e. The molecule has 1 saturated carbocycles. The standard InChI is InChI=1S/C13H12BrFN2O/c14-9-4-5-11(15)10(6-9)13(18)17-12-3-1-2-8(12)7-16/h4-6,8,12H,1-3H2,(H,17,18). The molecule has 1 aromatic rings. The highest BCUT2D eigenvalue weighted by molar-refractivity contribution is 9.10. The third kappa shape index (κ3) is 2.70. The van der Waals surface area contributed by atoms with Crippen molar-refractivity contribution in [3.05, 3.63) is 34.1 Å². The van der Waals surface area contributed by atoms with Gasteiger partial charge in [0, 0.05) is 10.5 Å². The summed E-state index contributed by atoms with van der Waals surface area (Å²) >= 11 is 3.20. The van der Waals surface area contributed by atoms with E-state index in [9.17, 15) is 9.18 Å². The second kappa shape index (κ2) is 5.49. The molecule has 2 rings (SSSR count). The minimum atomic E-state index is -0.554. The summed E-state index contributed by atoms with van der Waals surface area (Å²) in [5.41, 5.74) is 0.00737. The van der Waals surface area contributed by atoms with Gasteiger partial charge in [0.2, 0.25) is 0 Å². The topological polar surface area (TPSA) is 52.9 Å². The van der Waals surface area contributed by atoms with Crippen LogP contribution in [0.4, 0.5) is 4.39 Å². The molecule has 0 aliphatic heterocycles. The second-order valence-electron chi connectivity index (χ2n) is 4.37. The molecule has 0 saturated heterocycles. The molecule has 94 valence electrons. The number of carbonyl (C=O) groups excluding carboxylic acids is 1. The van der Waals surface area contributed by atoms with Crippen LogP contribution in [-0.2, 0) is 0 Å². The zero-order chi connectivity index (χ0) is 13.1. The summed E-state index contributed by atoms with van der Waals surface area (Å²) in [5, 5.41) is 11.7. The molecule has 1 aliphatic rings. The van der Waals surface area contributed by atoms with E-state index in [1.165, 1.54) is 12.1 Å². The fraction of sp³-hybridized carbons (Fsp3) is 0.385. The molecule has 5 heteroatoms. The van der Waals surface area contributed by atoms with Gasteiger partial charge in [0.15, 0.2) is 0 Å². The van der Waals surface area contributed by atoms with Crippen LogP contribution in [0.3, 0.4) is 0 Å². The molecule has 0 heterocycles. The van der Waals surface area contributed by atoms with Crippen LogP contribution in [0.5, 0.6) is 0 Å². The van der Waals surface area contributed by atoms with Crippen molar-refractivity contribution in [1.29, 1.82) is 5.26 Å². The summed E-state index contributed by atoms with van der Waals surface area (Å²) in [6, 6.07) is 6.25. The van der Waals surface area contributed by atoms with Gasteiger partial charge in [0.1, 0.15) is 5.82 Å². The van der Waals surface area contributed by atoms with E-state index in [4.69, 9.17) is 5.26 Å². The third-order valence-electron chi connectivity index (χ3n) is 3.17. The van der Waals surface area contributed by atoms with Crippen LogP contribution < -0.4 is 5.32 Å². The number of benzene rings is 1. The van der Waals surface area contributed by atoms with Crippen molar-refractivity contribution in [1.82, 2.24) is 5.32 Å². The van der Waals surface area contributed by atoms with Crippen molar-refractivity contribution in [2.45, 2.75) is 25.3 Å². The van der Waals surface area contributed by atoms with Crippen molar-refractivity contribution in [3.8, 4) is 6.07 Å². The van der Waals surface area contributed by atoms with E-state index < -0.39 is 11.7 Å². The Hall–Kier alpha value is -1.41. The first-order valence-corrected chi connectivity index (χ1v) is 6.56. The zero-order valence-electron chi connectivity index (χ0n) is 9.62. The SMILES string of the molecule is N#CC1CCCC1NC(=O)c1cc(Br)ccc1F. The van der Waals surface area contributed by atoms with Crippen molar-refractivity contribution < 1.29 is 9.18 Å². The minimum absolute atomic E-state index is 0.00737. The predicted molar refractivity (Wildman–Crippen MR) is 68.3 cm³/mol. The van der Waals surface area contributed by atoms with E-state index >= 15 is 0 Å². The highest BCUT2D eigenvalue weighted by Gasteiger charge is 2.29. The van der Waals surface area contributed by atoms with Gasteiger partial charge in [0.05, 0.1) is 17.6 Å². The average Bonchev–Trinajstić information content (AvgIpc) is 2.79. The number of nitrogens with one attached hydrogen (secondary N) is 1. The van der Waals surface area contributed by atoms with Crippen molar-refractivity contribution in [3.63, 3.8) is 0 Å². The number of halogens is 2. The Bertz CT molecular complexity index is 512. The Balaban J connectivity index is 2.13. The molecule has 0 aromatic heterocycles. The normalized spacial score (nSPS) is 22.5. The molecule has 0 bridgehead atoms. The second-order valence-corrected chi connectivity index (χ2v) is 5.29. The molecule has 2 unspecified atom stereocenters. The van der Waals surface area contributed by atoms with Crippen molar-refractivity contribution in [2.24, 2.45) is 5.92 Å². The summed E-state index contributed by atoms with van der Waals surface area (Å²) in [6.07, 6.45) is 2.49. The van der Waals surface area contributed by atoms with E-state index in [0.717, 1.165) is 19.3 Å². The zero-order valence-corrected chi connectivity index (χ0v) is 11.2. The lowest BCUT2D eigenvalue weighted by molar-refractivity contribution is 0.0928. The Labute approximate surface area is 113 Å². The fourth-order valence-electron chi connectivity index (χ4n) is 2.20. The maximum atomic E-state index is 13.5. The van der Waals surface area contributed by atoms with Crippen LogP contribution in [0.15, 0.2) is 22.7 Å². The van der Waals surface area contributed by atoms with E-state index in [-0.39, 0.29) is 17.5 Å². The highest BCUT2D eigenvalue weighted by Crippen LogP contribution is 2.25. The lowest BCUT2D eigenvalue weighted by Crippen LogP contribution is -2.37. The summed E-state index contributed by atoms with van der Waals surface area (Å²) < 4.78 is 14.2. The molecule has 18 heavy (non-hydrogen) atoms. The smallest absolute Gasteiger partial charge is 0.254 e. The first kappa shape index (κ1) is 13.0. The van der Waals surface area contributed by atoms with Crippen LogP contribution >= 0.6 is 15.9 Å². The number of nitriles is 1. The molecular formula is C13H12BrFN2O. The molecule has 1 amide bonds. The largest absolute Gasteiger partial charge is 0.348 e. The van der Waals surface area contributed by atoms with E-state index in [0.29, 0.717) is 4.47 Å². The maximum absolute atomic E-state index is 13.5. The Morgan fingerprint density at radius 3 is 3.00 bits per heavy atom. The van der Waals surface area contributed by atoms with Gasteiger partial charge in [-0.15, -0.1) is 0 Å². The van der Waals surface area contributed by atoms with Gasteiger partial charge < -0.3 is 5.32 Å². The van der Waals surface area contributed by atoms with Crippen LogP contribution in [-0.4, -0.2) is 11.9 Å². The molecule has 0 radical (unpaired) electrons. The van der Waals surface area contributed by atoms with Gasteiger partial charge in [-0.25, -0.2) is 4.39 Å². The first-order chi connectivity index (χ1) is 8.61. The van der Waals surface area contributed by atoms with E-state index in [1.807, 2.05) is 0 Å². The quantitative estimate of drug-likeness (QED) is 0.913. The molecule has 1 N–H and O–H groups in total. The molecule has 0 spiro atoms. The average molecular weight is 311 g/mol. The molecule has 1 fully saturated rings. The Morgan fingerprint density at radius 2 is 2.28 bits per heavy atom. The van der Waals surface area contributed by atoms with Crippen molar-refractivity contribution in [2.75, 3.05) is 0 Å². The number of hydrogen-bond acceptors (Lipinski definition) is 2. The Morgan fingerprint density at radius 1 is 1.50 bits per heavy atom. The first-order valence-electron chi connectivity index (χ1n) is 5.77.